The predicted octanol–water partition coefficient (Wildman–Crippen LogP) is 2.02. The van der Waals surface area contributed by atoms with Crippen LogP contribution < -0.4 is 16.0 Å². The third-order valence-electron chi connectivity index (χ3n) is 4.84. The molecule has 3 rings (SSSR count). The zero-order chi connectivity index (χ0) is 22.3. The van der Waals surface area contributed by atoms with Gasteiger partial charge in [-0.2, -0.15) is 0 Å². The van der Waals surface area contributed by atoms with Crippen LogP contribution in [-0.2, 0) is 21.2 Å². The number of carbonyl (C=O) groups excluding carboxylic acids is 1. The van der Waals surface area contributed by atoms with Gasteiger partial charge >= 0.3 is 0 Å². The van der Waals surface area contributed by atoms with Crippen molar-refractivity contribution in [2.75, 3.05) is 24.6 Å². The van der Waals surface area contributed by atoms with E-state index in [9.17, 15) is 13.2 Å². The fourth-order valence-electron chi connectivity index (χ4n) is 3.21. The van der Waals surface area contributed by atoms with Gasteiger partial charge in [-0.05, 0) is 32.4 Å². The molecule has 1 unspecified atom stereocenters. The Morgan fingerprint density at radius 1 is 1.25 bits per heavy atom. The molecule has 1 saturated heterocycles. The van der Waals surface area contributed by atoms with Gasteiger partial charge in [0.15, 0.2) is 15.8 Å². The van der Waals surface area contributed by atoms with E-state index in [4.69, 9.17) is 4.42 Å². The van der Waals surface area contributed by atoms with Crippen LogP contribution in [-0.4, -0.2) is 55.9 Å². The highest BCUT2D eigenvalue weighted by Gasteiger charge is 2.28. The third kappa shape index (κ3) is 8.08. The number of nitrogens with one attached hydrogen (secondary N) is 3. The van der Waals surface area contributed by atoms with Gasteiger partial charge < -0.3 is 20.4 Å². The van der Waals surface area contributed by atoms with Crippen LogP contribution in [0.5, 0.6) is 0 Å². The van der Waals surface area contributed by atoms with Crippen LogP contribution >= 0.6 is 24.0 Å². The largest absolute Gasteiger partial charge is 0.444 e. The Morgan fingerprint density at radius 3 is 2.66 bits per heavy atom. The van der Waals surface area contributed by atoms with Crippen LogP contribution in [0.2, 0.25) is 0 Å². The SMILES string of the molecule is CCNC(=NCc1coc(-c2ccc(C)cc2)n1)NCCC(=O)NC1CCS(=O)(=O)C1.I. The summed E-state index contributed by atoms with van der Waals surface area (Å²) in [4.78, 5) is 21.0. The maximum atomic E-state index is 12.1. The molecule has 0 spiro atoms. The number of aromatic nitrogens is 1. The number of sulfone groups is 1. The number of oxazole rings is 1. The second-order valence-corrected chi connectivity index (χ2v) is 9.78. The first-order valence-corrected chi connectivity index (χ1v) is 12.2. The number of benzene rings is 1. The van der Waals surface area contributed by atoms with E-state index in [0.29, 0.717) is 43.6 Å². The molecule has 1 aromatic carbocycles. The highest BCUT2D eigenvalue weighted by molar-refractivity contribution is 14.0. The summed E-state index contributed by atoms with van der Waals surface area (Å²) in [5.41, 5.74) is 2.78. The van der Waals surface area contributed by atoms with E-state index in [2.05, 4.69) is 25.9 Å². The van der Waals surface area contributed by atoms with E-state index in [-0.39, 0.29) is 53.9 Å². The van der Waals surface area contributed by atoms with Crippen molar-refractivity contribution in [3.05, 3.63) is 41.8 Å². The fourth-order valence-corrected chi connectivity index (χ4v) is 4.89. The molecule has 0 radical (unpaired) electrons. The molecule has 0 aliphatic carbocycles. The van der Waals surface area contributed by atoms with E-state index in [1.807, 2.05) is 38.1 Å². The molecule has 11 heteroatoms. The topological polar surface area (TPSA) is 126 Å². The van der Waals surface area contributed by atoms with Crippen LogP contribution in [0.3, 0.4) is 0 Å². The zero-order valence-electron chi connectivity index (χ0n) is 18.3. The average molecular weight is 575 g/mol. The number of carbonyl (C=O) groups is 1. The van der Waals surface area contributed by atoms with Crippen LogP contribution in [0.15, 0.2) is 39.9 Å². The minimum atomic E-state index is -3.01. The van der Waals surface area contributed by atoms with Crippen LogP contribution in [0.25, 0.3) is 11.5 Å². The van der Waals surface area contributed by atoms with Crippen LogP contribution in [0.4, 0.5) is 0 Å². The zero-order valence-corrected chi connectivity index (χ0v) is 21.4. The molecule has 1 fully saturated rings. The standard InChI is InChI=1S/C21H29N5O4S.HI/c1-3-22-21(23-10-8-19(27)25-17-9-11-31(28,29)14-17)24-12-18-13-30-20(26-18)16-6-4-15(2)5-7-16;/h4-7,13,17H,3,8-12,14H2,1-2H3,(H,25,27)(H2,22,23,24);1H. The molecule has 1 aromatic heterocycles. The lowest BCUT2D eigenvalue weighted by atomic mass is 10.1. The number of aryl methyl sites for hydroxylation is 1. The van der Waals surface area contributed by atoms with Gasteiger partial charge in [0.05, 0.1) is 18.1 Å². The third-order valence-corrected chi connectivity index (χ3v) is 6.60. The van der Waals surface area contributed by atoms with Gasteiger partial charge in [-0.25, -0.2) is 18.4 Å². The van der Waals surface area contributed by atoms with Crippen molar-refractivity contribution in [1.82, 2.24) is 20.9 Å². The molecule has 2 heterocycles. The maximum Gasteiger partial charge on any atom is 0.226 e. The van der Waals surface area contributed by atoms with E-state index in [1.54, 1.807) is 6.26 Å². The summed E-state index contributed by atoms with van der Waals surface area (Å²) in [6.07, 6.45) is 2.29. The lowest BCUT2D eigenvalue weighted by Crippen LogP contribution is -2.41. The Hall–Kier alpha value is -2.15. The summed E-state index contributed by atoms with van der Waals surface area (Å²) >= 11 is 0. The smallest absolute Gasteiger partial charge is 0.226 e. The molecule has 32 heavy (non-hydrogen) atoms. The fraction of sp³-hybridized carbons (Fsp3) is 0.476. The number of rotatable bonds is 8. The lowest BCUT2D eigenvalue weighted by molar-refractivity contribution is -0.121. The molecule has 176 valence electrons. The number of halogens is 1. The number of amides is 1. The maximum absolute atomic E-state index is 12.1. The van der Waals surface area contributed by atoms with E-state index in [1.165, 1.54) is 5.56 Å². The van der Waals surface area contributed by atoms with Crippen LogP contribution in [0.1, 0.15) is 31.0 Å². The first-order valence-electron chi connectivity index (χ1n) is 10.4. The molecule has 2 aromatic rings. The highest BCUT2D eigenvalue weighted by atomic mass is 127. The summed E-state index contributed by atoms with van der Waals surface area (Å²) in [7, 11) is -3.01. The first kappa shape index (κ1) is 26.1. The molecule has 3 N–H and O–H groups in total. The molecule has 1 amide bonds. The molecule has 0 saturated carbocycles. The van der Waals surface area contributed by atoms with Gasteiger partial charge in [0, 0.05) is 31.1 Å². The van der Waals surface area contributed by atoms with Gasteiger partial charge in [0.2, 0.25) is 11.8 Å². The molecule has 1 aliphatic heterocycles. The summed E-state index contributed by atoms with van der Waals surface area (Å²) in [5.74, 6) is 1.11. The average Bonchev–Trinajstić information content (AvgIpc) is 3.33. The number of guanidine groups is 1. The van der Waals surface area contributed by atoms with Gasteiger partial charge in [-0.3, -0.25) is 4.79 Å². The van der Waals surface area contributed by atoms with E-state index >= 15 is 0 Å². The molecule has 1 atom stereocenters. The van der Waals surface area contributed by atoms with Gasteiger partial charge in [0.25, 0.3) is 0 Å². The Bertz CT molecular complexity index is 1020. The second kappa shape index (κ2) is 12.2. The lowest BCUT2D eigenvalue weighted by Gasteiger charge is -2.13. The highest BCUT2D eigenvalue weighted by Crippen LogP contribution is 2.19. The van der Waals surface area contributed by atoms with Crippen LogP contribution in [0, 0.1) is 6.92 Å². The van der Waals surface area contributed by atoms with Crippen molar-refractivity contribution in [2.45, 2.75) is 39.3 Å². The summed E-state index contributed by atoms with van der Waals surface area (Å²) in [5, 5.41) is 9.01. The van der Waals surface area contributed by atoms with Crippen molar-refractivity contribution in [3.8, 4) is 11.5 Å². The molecular formula is C21H30IN5O4S. The predicted molar refractivity (Wildman–Crippen MR) is 135 cm³/mol. The van der Waals surface area contributed by atoms with Gasteiger partial charge in [-0.1, -0.05) is 17.7 Å². The Balaban J connectivity index is 0.00000363. The molecular weight excluding hydrogens is 545 g/mol. The van der Waals surface area contributed by atoms with E-state index in [0.717, 1.165) is 5.56 Å². The molecule has 1 aliphatic rings. The van der Waals surface area contributed by atoms with Gasteiger partial charge in [-0.15, -0.1) is 24.0 Å². The molecule has 0 bridgehead atoms. The van der Waals surface area contributed by atoms with Crippen molar-refractivity contribution in [1.29, 1.82) is 0 Å². The minimum Gasteiger partial charge on any atom is -0.444 e. The first-order chi connectivity index (χ1) is 14.8. The Morgan fingerprint density at radius 2 is 2.00 bits per heavy atom. The van der Waals surface area contributed by atoms with Crippen molar-refractivity contribution in [3.63, 3.8) is 0 Å². The number of hydrogen-bond donors (Lipinski definition) is 3. The van der Waals surface area contributed by atoms with E-state index < -0.39 is 9.84 Å². The summed E-state index contributed by atoms with van der Waals surface area (Å²) in [6.45, 7) is 5.36. The Labute approximate surface area is 205 Å². The monoisotopic (exact) mass is 575 g/mol. The minimum absolute atomic E-state index is 0. The number of hydrogen-bond acceptors (Lipinski definition) is 6. The molecule has 9 nitrogen and oxygen atoms in total. The summed E-state index contributed by atoms with van der Waals surface area (Å²) in [6, 6.07) is 7.66. The van der Waals surface area contributed by atoms with Crippen molar-refractivity contribution < 1.29 is 17.6 Å². The van der Waals surface area contributed by atoms with Gasteiger partial charge in [0.1, 0.15) is 12.0 Å². The quantitative estimate of drug-likeness (QED) is 0.250. The summed E-state index contributed by atoms with van der Waals surface area (Å²) < 4.78 is 28.5. The number of aliphatic imine (C=N–C) groups is 1. The normalized spacial score (nSPS) is 17.4. The van der Waals surface area contributed by atoms with Crippen molar-refractivity contribution >= 4 is 45.7 Å². The van der Waals surface area contributed by atoms with Crippen molar-refractivity contribution in [2.24, 2.45) is 4.99 Å². The Kier molecular flexibility index (Phi) is 9.94. The number of nitrogens with zero attached hydrogens (tertiary/aromatic N) is 2. The second-order valence-electron chi connectivity index (χ2n) is 7.55.